The molecule has 0 aliphatic heterocycles. The maximum absolute atomic E-state index is 13.1. The maximum atomic E-state index is 13.1. The van der Waals surface area contributed by atoms with Gasteiger partial charge in [0.25, 0.3) is 0 Å². The lowest BCUT2D eigenvalue weighted by atomic mass is 10.1. The van der Waals surface area contributed by atoms with Gasteiger partial charge in [-0.05, 0) is 31.2 Å². The second-order valence-electron chi connectivity index (χ2n) is 4.28. The van der Waals surface area contributed by atoms with E-state index in [-0.39, 0.29) is 5.82 Å². The Morgan fingerprint density at radius 2 is 2.00 bits per heavy atom. The van der Waals surface area contributed by atoms with Crippen molar-refractivity contribution in [3.05, 3.63) is 29.6 Å². The Labute approximate surface area is 103 Å². The van der Waals surface area contributed by atoms with Crippen LogP contribution in [0.3, 0.4) is 0 Å². The van der Waals surface area contributed by atoms with Crippen molar-refractivity contribution in [3.63, 3.8) is 0 Å². The summed E-state index contributed by atoms with van der Waals surface area (Å²) in [6.45, 7) is 5.65. The average molecular weight is 239 g/mol. The van der Waals surface area contributed by atoms with Crippen molar-refractivity contribution in [1.29, 1.82) is 0 Å². The van der Waals surface area contributed by atoms with E-state index in [0.717, 1.165) is 24.2 Å². The molecule has 1 rings (SSSR count). The molecule has 0 aromatic heterocycles. The second-order valence-corrected chi connectivity index (χ2v) is 4.28. The molecular weight excluding hydrogens is 217 g/mol. The summed E-state index contributed by atoms with van der Waals surface area (Å²) in [5.41, 5.74) is 0.874. The van der Waals surface area contributed by atoms with Crippen molar-refractivity contribution in [2.75, 3.05) is 13.7 Å². The van der Waals surface area contributed by atoms with Gasteiger partial charge in [0, 0.05) is 12.1 Å². The van der Waals surface area contributed by atoms with E-state index < -0.39 is 0 Å². The summed E-state index contributed by atoms with van der Waals surface area (Å²) in [4.78, 5) is 0. The van der Waals surface area contributed by atoms with Gasteiger partial charge in [-0.2, -0.15) is 0 Å². The van der Waals surface area contributed by atoms with Gasteiger partial charge >= 0.3 is 0 Å². The molecule has 0 aliphatic carbocycles. The number of halogens is 1. The van der Waals surface area contributed by atoms with Gasteiger partial charge in [0.2, 0.25) is 0 Å². The third-order valence-corrected chi connectivity index (χ3v) is 3.02. The molecule has 0 unspecified atom stereocenters. The molecule has 0 heterocycles. The topological polar surface area (TPSA) is 21.3 Å². The lowest BCUT2D eigenvalue weighted by Crippen LogP contribution is -2.13. The summed E-state index contributed by atoms with van der Waals surface area (Å²) < 4.78 is 18.9. The molecule has 0 aliphatic rings. The Hall–Kier alpha value is -1.09. The van der Waals surface area contributed by atoms with E-state index >= 15 is 0 Å². The first kappa shape index (κ1) is 14.0. The number of benzene rings is 1. The van der Waals surface area contributed by atoms with Crippen LogP contribution in [0, 0.1) is 11.7 Å². The van der Waals surface area contributed by atoms with Crippen molar-refractivity contribution in [3.8, 4) is 5.75 Å². The Morgan fingerprint density at radius 3 is 2.59 bits per heavy atom. The maximum Gasteiger partial charge on any atom is 0.123 e. The normalized spacial score (nSPS) is 10.9. The first-order valence-electron chi connectivity index (χ1n) is 6.27. The lowest BCUT2D eigenvalue weighted by molar-refractivity contribution is 0.238. The van der Waals surface area contributed by atoms with Gasteiger partial charge in [0.15, 0.2) is 0 Å². The molecule has 0 saturated carbocycles. The highest BCUT2D eigenvalue weighted by Gasteiger charge is 2.08. The van der Waals surface area contributed by atoms with Gasteiger partial charge in [0.1, 0.15) is 11.6 Å². The molecule has 3 heteroatoms. The van der Waals surface area contributed by atoms with Crippen molar-refractivity contribution in [1.82, 2.24) is 5.32 Å². The molecule has 1 aromatic rings. The Bertz CT molecular complexity index is 337. The minimum Gasteiger partial charge on any atom is -0.493 e. The van der Waals surface area contributed by atoms with Gasteiger partial charge in [0.05, 0.1) is 6.61 Å². The molecule has 0 saturated heterocycles. The monoisotopic (exact) mass is 239 g/mol. The Balaban J connectivity index is 2.68. The molecule has 0 radical (unpaired) electrons. The third-order valence-electron chi connectivity index (χ3n) is 3.02. The highest BCUT2D eigenvalue weighted by Crippen LogP contribution is 2.21. The second kappa shape index (κ2) is 7.28. The van der Waals surface area contributed by atoms with Crippen molar-refractivity contribution in [2.24, 2.45) is 5.92 Å². The number of ether oxygens (including phenoxy) is 1. The predicted octanol–water partition coefficient (Wildman–Crippen LogP) is 3.36. The van der Waals surface area contributed by atoms with Crippen LogP contribution in [0.5, 0.6) is 5.75 Å². The quantitative estimate of drug-likeness (QED) is 0.787. The molecule has 0 amide bonds. The van der Waals surface area contributed by atoms with E-state index in [4.69, 9.17) is 4.74 Å². The van der Waals surface area contributed by atoms with Gasteiger partial charge < -0.3 is 10.1 Å². The summed E-state index contributed by atoms with van der Waals surface area (Å²) in [5, 5.41) is 3.02. The van der Waals surface area contributed by atoms with Crippen LogP contribution in [0.1, 0.15) is 32.3 Å². The smallest absolute Gasteiger partial charge is 0.123 e. The van der Waals surface area contributed by atoms with E-state index in [0.29, 0.717) is 19.1 Å². The largest absolute Gasteiger partial charge is 0.493 e. The van der Waals surface area contributed by atoms with Crippen molar-refractivity contribution in [2.45, 2.75) is 33.2 Å². The highest BCUT2D eigenvalue weighted by molar-refractivity contribution is 5.33. The summed E-state index contributed by atoms with van der Waals surface area (Å²) >= 11 is 0. The standard InChI is InChI=1S/C14H22FNO/c1-4-11(5-2)10-17-14-7-6-13(15)8-12(14)9-16-3/h6-8,11,16H,4-5,9-10H2,1-3H3. The summed E-state index contributed by atoms with van der Waals surface area (Å²) in [7, 11) is 1.84. The molecule has 1 aromatic carbocycles. The van der Waals surface area contributed by atoms with Crippen molar-refractivity contribution >= 4 is 0 Å². The molecule has 0 fully saturated rings. The van der Waals surface area contributed by atoms with Gasteiger partial charge in [-0.1, -0.05) is 26.7 Å². The number of rotatable bonds is 7. The molecule has 96 valence electrons. The van der Waals surface area contributed by atoms with E-state index in [1.807, 2.05) is 7.05 Å². The fourth-order valence-electron chi connectivity index (χ4n) is 1.75. The van der Waals surface area contributed by atoms with Crippen LogP contribution < -0.4 is 10.1 Å². The first-order chi connectivity index (χ1) is 8.21. The van der Waals surface area contributed by atoms with Crippen LogP contribution >= 0.6 is 0 Å². The summed E-state index contributed by atoms with van der Waals surface area (Å²) in [6, 6.07) is 4.69. The average Bonchev–Trinajstić information content (AvgIpc) is 2.33. The van der Waals surface area contributed by atoms with Crippen LogP contribution in [0.2, 0.25) is 0 Å². The Kier molecular flexibility index (Phi) is 5.98. The molecular formula is C14H22FNO. The first-order valence-corrected chi connectivity index (χ1v) is 6.27. The minimum atomic E-state index is -0.217. The molecule has 0 bridgehead atoms. The van der Waals surface area contributed by atoms with Crippen LogP contribution in [0.15, 0.2) is 18.2 Å². The van der Waals surface area contributed by atoms with E-state index in [1.165, 1.54) is 12.1 Å². The van der Waals surface area contributed by atoms with Crippen molar-refractivity contribution < 1.29 is 9.13 Å². The SMILES string of the molecule is CCC(CC)COc1ccc(F)cc1CNC. The summed E-state index contributed by atoms with van der Waals surface area (Å²) in [5.74, 6) is 1.14. The van der Waals surface area contributed by atoms with E-state index in [9.17, 15) is 4.39 Å². The highest BCUT2D eigenvalue weighted by atomic mass is 19.1. The molecule has 1 N–H and O–H groups in total. The number of hydrogen-bond acceptors (Lipinski definition) is 2. The van der Waals surface area contributed by atoms with Crippen LogP contribution in [-0.4, -0.2) is 13.7 Å². The minimum absolute atomic E-state index is 0.217. The molecule has 0 spiro atoms. The predicted molar refractivity (Wildman–Crippen MR) is 68.7 cm³/mol. The zero-order valence-corrected chi connectivity index (χ0v) is 10.9. The number of nitrogens with one attached hydrogen (secondary N) is 1. The van der Waals surface area contributed by atoms with E-state index in [1.54, 1.807) is 6.07 Å². The molecule has 0 atom stereocenters. The molecule has 2 nitrogen and oxygen atoms in total. The van der Waals surface area contributed by atoms with Gasteiger partial charge in [-0.25, -0.2) is 4.39 Å². The zero-order chi connectivity index (χ0) is 12.7. The third kappa shape index (κ3) is 4.35. The van der Waals surface area contributed by atoms with Gasteiger partial charge in [-0.15, -0.1) is 0 Å². The fraction of sp³-hybridized carbons (Fsp3) is 0.571. The van der Waals surface area contributed by atoms with Crippen LogP contribution in [-0.2, 0) is 6.54 Å². The van der Waals surface area contributed by atoms with Crippen LogP contribution in [0.4, 0.5) is 4.39 Å². The van der Waals surface area contributed by atoms with Gasteiger partial charge in [-0.3, -0.25) is 0 Å². The van der Waals surface area contributed by atoms with Crippen LogP contribution in [0.25, 0.3) is 0 Å². The van der Waals surface area contributed by atoms with E-state index in [2.05, 4.69) is 19.2 Å². The summed E-state index contributed by atoms with van der Waals surface area (Å²) in [6.07, 6.45) is 2.22. The molecule has 17 heavy (non-hydrogen) atoms. The lowest BCUT2D eigenvalue weighted by Gasteiger charge is -2.16. The fourth-order valence-corrected chi connectivity index (χ4v) is 1.75. The Morgan fingerprint density at radius 1 is 1.29 bits per heavy atom. The zero-order valence-electron chi connectivity index (χ0n) is 10.9. The number of hydrogen-bond donors (Lipinski definition) is 1.